The number of benzene rings is 2. The first-order valence-electron chi connectivity index (χ1n) is 8.70. The van der Waals surface area contributed by atoms with E-state index in [0.29, 0.717) is 34.2 Å². The first-order chi connectivity index (χ1) is 13.4. The molecule has 2 aromatic rings. The van der Waals surface area contributed by atoms with E-state index in [9.17, 15) is 14.7 Å². The molecule has 3 amide bonds. The molecule has 1 unspecified atom stereocenters. The van der Waals surface area contributed by atoms with Crippen molar-refractivity contribution in [1.29, 1.82) is 0 Å². The van der Waals surface area contributed by atoms with Crippen molar-refractivity contribution in [3.05, 3.63) is 64.3 Å². The van der Waals surface area contributed by atoms with Gasteiger partial charge in [0.05, 0.1) is 18.2 Å². The van der Waals surface area contributed by atoms with Gasteiger partial charge in [0, 0.05) is 16.4 Å². The molecule has 0 saturated carbocycles. The van der Waals surface area contributed by atoms with Crippen LogP contribution in [-0.4, -0.2) is 23.7 Å². The Balaban J connectivity index is 1.95. The van der Waals surface area contributed by atoms with Crippen LogP contribution in [0.1, 0.15) is 25.5 Å². The predicted molar refractivity (Wildman–Crippen MR) is 106 cm³/mol. The number of phenolic OH excluding ortho intramolecular Hbond substituents is 1. The Hall–Kier alpha value is -3.19. The number of urea groups is 1. The van der Waals surface area contributed by atoms with Crippen LogP contribution in [0.3, 0.4) is 0 Å². The van der Waals surface area contributed by atoms with Crippen molar-refractivity contribution < 1.29 is 19.4 Å². The molecule has 0 spiro atoms. The topological polar surface area (TPSA) is 99.7 Å². The number of halogens is 1. The van der Waals surface area contributed by atoms with Gasteiger partial charge in [-0.2, -0.15) is 0 Å². The maximum absolute atomic E-state index is 13.0. The molecule has 1 atom stereocenters. The molecule has 28 heavy (non-hydrogen) atoms. The number of rotatable bonds is 5. The summed E-state index contributed by atoms with van der Waals surface area (Å²) in [6.07, 6.45) is 0. The van der Waals surface area contributed by atoms with Crippen LogP contribution in [-0.2, 0) is 4.79 Å². The average molecular weight is 402 g/mol. The van der Waals surface area contributed by atoms with E-state index >= 15 is 0 Å². The lowest BCUT2D eigenvalue weighted by Gasteiger charge is -2.29. The number of allylic oxidation sites excluding steroid dienone is 1. The van der Waals surface area contributed by atoms with Crippen molar-refractivity contribution in [1.82, 2.24) is 10.6 Å². The van der Waals surface area contributed by atoms with Gasteiger partial charge in [0.15, 0.2) is 11.5 Å². The van der Waals surface area contributed by atoms with E-state index in [1.54, 1.807) is 50.2 Å². The Kier molecular flexibility index (Phi) is 5.75. The molecule has 0 bridgehead atoms. The van der Waals surface area contributed by atoms with Crippen LogP contribution in [0.15, 0.2) is 53.7 Å². The molecule has 0 aromatic heterocycles. The van der Waals surface area contributed by atoms with Crippen molar-refractivity contribution in [3.63, 3.8) is 0 Å². The van der Waals surface area contributed by atoms with E-state index in [4.69, 9.17) is 16.3 Å². The smallest absolute Gasteiger partial charge is 0.319 e. The van der Waals surface area contributed by atoms with E-state index in [2.05, 4.69) is 16.0 Å². The Morgan fingerprint density at radius 2 is 1.96 bits per heavy atom. The van der Waals surface area contributed by atoms with E-state index in [-0.39, 0.29) is 17.4 Å². The Bertz CT molecular complexity index is 941. The number of anilines is 1. The number of carbonyl (C=O) groups excluding carboxylic acids is 2. The minimum absolute atomic E-state index is 0.0151. The molecular formula is C20H20ClN3O4. The van der Waals surface area contributed by atoms with Gasteiger partial charge < -0.3 is 25.8 Å². The van der Waals surface area contributed by atoms with Gasteiger partial charge in [0.2, 0.25) is 0 Å². The molecule has 4 N–H and O–H groups in total. The predicted octanol–water partition coefficient (Wildman–Crippen LogP) is 3.71. The Morgan fingerprint density at radius 1 is 1.25 bits per heavy atom. The number of nitrogens with one attached hydrogen (secondary N) is 3. The van der Waals surface area contributed by atoms with Crippen molar-refractivity contribution in [2.75, 3.05) is 11.9 Å². The van der Waals surface area contributed by atoms with Crippen LogP contribution >= 0.6 is 11.6 Å². The normalized spacial score (nSPS) is 16.2. The van der Waals surface area contributed by atoms with Crippen LogP contribution < -0.4 is 20.7 Å². The van der Waals surface area contributed by atoms with Gasteiger partial charge in [0.1, 0.15) is 0 Å². The number of carbonyl (C=O) groups is 2. The van der Waals surface area contributed by atoms with E-state index < -0.39 is 12.1 Å². The number of hydrogen-bond donors (Lipinski definition) is 4. The van der Waals surface area contributed by atoms with Gasteiger partial charge in [-0.15, -0.1) is 0 Å². The van der Waals surface area contributed by atoms with Crippen molar-refractivity contribution in [2.45, 2.75) is 19.9 Å². The summed E-state index contributed by atoms with van der Waals surface area (Å²) in [5.41, 5.74) is 1.97. The number of ether oxygens (including phenoxy) is 1. The summed E-state index contributed by atoms with van der Waals surface area (Å²) in [6.45, 7) is 3.83. The number of hydrogen-bond acceptors (Lipinski definition) is 4. The summed E-state index contributed by atoms with van der Waals surface area (Å²) < 4.78 is 5.42. The van der Waals surface area contributed by atoms with E-state index in [0.717, 1.165) is 0 Å². The largest absolute Gasteiger partial charge is 0.504 e. The Morgan fingerprint density at radius 3 is 2.64 bits per heavy atom. The summed E-state index contributed by atoms with van der Waals surface area (Å²) in [5, 5.41) is 18.7. The van der Waals surface area contributed by atoms with Gasteiger partial charge in [-0.1, -0.05) is 17.7 Å². The SMILES string of the molecule is CCOc1cc(C2NC(=O)NC(C)=C2C(=O)Nc2ccc(Cl)cc2)ccc1O. The second kappa shape index (κ2) is 8.22. The van der Waals surface area contributed by atoms with Crippen molar-refractivity contribution in [2.24, 2.45) is 0 Å². The summed E-state index contributed by atoms with van der Waals surface area (Å²) in [7, 11) is 0. The minimum atomic E-state index is -0.708. The fourth-order valence-corrected chi connectivity index (χ4v) is 3.08. The molecule has 0 saturated heterocycles. The highest BCUT2D eigenvalue weighted by Gasteiger charge is 2.31. The molecule has 3 rings (SSSR count). The van der Waals surface area contributed by atoms with Gasteiger partial charge in [-0.05, 0) is 55.8 Å². The highest BCUT2D eigenvalue weighted by Crippen LogP contribution is 2.34. The highest BCUT2D eigenvalue weighted by molar-refractivity contribution is 6.30. The fraction of sp³-hybridized carbons (Fsp3) is 0.200. The zero-order valence-electron chi connectivity index (χ0n) is 15.4. The first-order valence-corrected chi connectivity index (χ1v) is 9.07. The van der Waals surface area contributed by atoms with Gasteiger partial charge >= 0.3 is 6.03 Å². The molecule has 8 heteroatoms. The third-order valence-corrected chi connectivity index (χ3v) is 4.48. The van der Waals surface area contributed by atoms with Gasteiger partial charge in [-0.3, -0.25) is 4.79 Å². The summed E-state index contributed by atoms with van der Waals surface area (Å²) in [5.74, 6) is -0.107. The molecule has 0 aliphatic carbocycles. The van der Waals surface area contributed by atoms with Crippen LogP contribution in [0, 0.1) is 0 Å². The van der Waals surface area contributed by atoms with Crippen LogP contribution in [0.25, 0.3) is 0 Å². The van der Waals surface area contributed by atoms with E-state index in [1.165, 1.54) is 6.07 Å². The maximum Gasteiger partial charge on any atom is 0.319 e. The molecule has 0 fully saturated rings. The third kappa shape index (κ3) is 4.20. The third-order valence-electron chi connectivity index (χ3n) is 4.23. The molecule has 7 nitrogen and oxygen atoms in total. The monoisotopic (exact) mass is 401 g/mol. The maximum atomic E-state index is 13.0. The standard InChI is InChI=1S/C20H20ClN3O4/c1-3-28-16-10-12(4-9-15(16)25)18-17(11(2)22-20(27)24-18)19(26)23-14-7-5-13(21)6-8-14/h4-10,18,25H,3H2,1-2H3,(H,23,26)(H2,22,24,27). The van der Waals surface area contributed by atoms with Crippen LogP contribution in [0.2, 0.25) is 5.02 Å². The van der Waals surface area contributed by atoms with E-state index in [1.807, 2.05) is 0 Å². The zero-order valence-corrected chi connectivity index (χ0v) is 16.1. The Labute approximate surface area is 167 Å². The second-order valence-corrected chi connectivity index (χ2v) is 6.63. The summed E-state index contributed by atoms with van der Waals surface area (Å²) in [6, 6.07) is 10.3. The fourth-order valence-electron chi connectivity index (χ4n) is 2.96. The molecule has 1 aliphatic rings. The quantitative estimate of drug-likeness (QED) is 0.613. The molecule has 1 heterocycles. The van der Waals surface area contributed by atoms with Crippen LogP contribution in [0.5, 0.6) is 11.5 Å². The number of amides is 3. The van der Waals surface area contributed by atoms with Gasteiger partial charge in [0.25, 0.3) is 5.91 Å². The van der Waals surface area contributed by atoms with Crippen molar-refractivity contribution >= 4 is 29.2 Å². The second-order valence-electron chi connectivity index (χ2n) is 6.19. The number of aromatic hydroxyl groups is 1. The summed E-state index contributed by atoms with van der Waals surface area (Å²) in [4.78, 5) is 25.0. The molecule has 2 aromatic carbocycles. The first kappa shape index (κ1) is 19.6. The number of phenols is 1. The highest BCUT2D eigenvalue weighted by atomic mass is 35.5. The van der Waals surface area contributed by atoms with Crippen LogP contribution in [0.4, 0.5) is 10.5 Å². The molecule has 0 radical (unpaired) electrons. The lowest BCUT2D eigenvalue weighted by atomic mass is 9.94. The lowest BCUT2D eigenvalue weighted by molar-refractivity contribution is -0.113. The van der Waals surface area contributed by atoms with Crippen molar-refractivity contribution in [3.8, 4) is 11.5 Å². The molecule has 1 aliphatic heterocycles. The lowest BCUT2D eigenvalue weighted by Crippen LogP contribution is -2.45. The molecular weight excluding hydrogens is 382 g/mol. The zero-order chi connectivity index (χ0) is 20.3. The molecule has 146 valence electrons. The minimum Gasteiger partial charge on any atom is -0.504 e. The van der Waals surface area contributed by atoms with Gasteiger partial charge in [-0.25, -0.2) is 4.79 Å². The summed E-state index contributed by atoms with van der Waals surface area (Å²) >= 11 is 5.88. The average Bonchev–Trinajstić information content (AvgIpc) is 2.65.